The molecular formula is C19H14F2N4O2. The van der Waals surface area contributed by atoms with Crippen molar-refractivity contribution in [3.8, 4) is 22.4 Å². The molecule has 0 amide bonds. The van der Waals surface area contributed by atoms with Gasteiger partial charge in [0.05, 0.1) is 23.9 Å². The highest BCUT2D eigenvalue weighted by Gasteiger charge is 2.20. The number of benzene rings is 1. The third-order valence-electron chi connectivity index (χ3n) is 4.22. The van der Waals surface area contributed by atoms with E-state index in [0.717, 1.165) is 0 Å². The van der Waals surface area contributed by atoms with Crippen molar-refractivity contribution in [1.29, 1.82) is 0 Å². The number of imidazole rings is 1. The highest BCUT2D eigenvalue weighted by atomic mass is 19.1. The number of hydrogen-bond donors (Lipinski definition) is 0. The average Bonchev–Trinajstić information content (AvgIpc) is 3.22. The predicted octanol–water partition coefficient (Wildman–Crippen LogP) is 3.47. The molecule has 0 saturated carbocycles. The maximum atomic E-state index is 14.7. The van der Waals surface area contributed by atoms with E-state index < -0.39 is 17.7 Å². The Morgan fingerprint density at radius 1 is 1.15 bits per heavy atom. The van der Waals surface area contributed by atoms with Crippen molar-refractivity contribution >= 4 is 11.6 Å². The van der Waals surface area contributed by atoms with Crippen LogP contribution in [0.5, 0.6) is 0 Å². The van der Waals surface area contributed by atoms with E-state index in [4.69, 9.17) is 4.74 Å². The van der Waals surface area contributed by atoms with Crippen LogP contribution in [0.25, 0.3) is 28.0 Å². The second-order valence-electron chi connectivity index (χ2n) is 5.97. The zero-order valence-electron chi connectivity index (χ0n) is 14.5. The third-order valence-corrected chi connectivity index (χ3v) is 4.22. The molecule has 0 aliphatic heterocycles. The van der Waals surface area contributed by atoms with Gasteiger partial charge in [-0.3, -0.25) is 4.68 Å². The molecule has 3 aromatic heterocycles. The second-order valence-corrected chi connectivity index (χ2v) is 5.97. The molecule has 0 unspecified atom stereocenters. The molecule has 1 aromatic carbocycles. The zero-order valence-corrected chi connectivity index (χ0v) is 14.5. The first-order chi connectivity index (χ1) is 13.0. The average molecular weight is 368 g/mol. The van der Waals surface area contributed by atoms with Crippen molar-refractivity contribution in [3.63, 3.8) is 0 Å². The van der Waals surface area contributed by atoms with Gasteiger partial charge in [-0.2, -0.15) is 4.39 Å². The smallest absolute Gasteiger partial charge is 0.338 e. The van der Waals surface area contributed by atoms with Crippen LogP contribution >= 0.6 is 0 Å². The molecular weight excluding hydrogens is 354 g/mol. The molecule has 27 heavy (non-hydrogen) atoms. The fourth-order valence-corrected chi connectivity index (χ4v) is 3.00. The van der Waals surface area contributed by atoms with Crippen LogP contribution in [0.3, 0.4) is 0 Å². The number of carbonyl (C=O) groups excluding carboxylic acids is 1. The van der Waals surface area contributed by atoms with Crippen LogP contribution in [0.4, 0.5) is 8.78 Å². The molecule has 0 N–H and O–H groups in total. The standard InChI is InChI=1S/C19H14F2N4O2/c1-24-9-13(18(21)23-24)12-4-3-5-14(20)17(12)15-10-25-7-6-11(19(26)27-2)8-16(25)22-15/h3-10H,1-2H3. The van der Waals surface area contributed by atoms with Gasteiger partial charge < -0.3 is 9.14 Å². The Labute approximate surface area is 152 Å². The molecule has 0 bridgehead atoms. The first kappa shape index (κ1) is 16.9. The largest absolute Gasteiger partial charge is 0.465 e. The van der Waals surface area contributed by atoms with E-state index in [1.807, 2.05) is 0 Å². The molecule has 6 nitrogen and oxygen atoms in total. The molecule has 4 aromatic rings. The summed E-state index contributed by atoms with van der Waals surface area (Å²) in [6, 6.07) is 7.53. The second kappa shape index (κ2) is 6.31. The van der Waals surface area contributed by atoms with Gasteiger partial charge >= 0.3 is 5.97 Å². The highest BCUT2D eigenvalue weighted by Crippen LogP contribution is 2.35. The summed E-state index contributed by atoms with van der Waals surface area (Å²) in [6.07, 6.45) is 4.73. The number of aryl methyl sites for hydroxylation is 1. The number of fused-ring (bicyclic) bond motifs is 1. The van der Waals surface area contributed by atoms with E-state index in [9.17, 15) is 13.6 Å². The van der Waals surface area contributed by atoms with Gasteiger partial charge in [0, 0.05) is 36.8 Å². The van der Waals surface area contributed by atoms with Crippen molar-refractivity contribution in [2.24, 2.45) is 7.05 Å². The maximum absolute atomic E-state index is 14.7. The number of rotatable bonds is 3. The monoisotopic (exact) mass is 368 g/mol. The van der Waals surface area contributed by atoms with Gasteiger partial charge in [-0.05, 0) is 18.2 Å². The Morgan fingerprint density at radius 2 is 1.96 bits per heavy atom. The van der Waals surface area contributed by atoms with Crippen molar-refractivity contribution in [1.82, 2.24) is 19.2 Å². The molecule has 4 rings (SSSR count). The van der Waals surface area contributed by atoms with Gasteiger partial charge in [0.2, 0.25) is 5.95 Å². The molecule has 0 fully saturated rings. The Kier molecular flexibility index (Phi) is 3.95. The summed E-state index contributed by atoms with van der Waals surface area (Å²) in [6.45, 7) is 0. The number of ether oxygens (including phenoxy) is 1. The molecule has 0 radical (unpaired) electrons. The minimum Gasteiger partial charge on any atom is -0.465 e. The van der Waals surface area contributed by atoms with E-state index in [2.05, 4.69) is 10.1 Å². The number of methoxy groups -OCH3 is 1. The Bertz CT molecular complexity index is 1180. The number of nitrogens with zero attached hydrogens (tertiary/aromatic N) is 4. The van der Waals surface area contributed by atoms with Crippen molar-refractivity contribution in [2.75, 3.05) is 7.11 Å². The number of halogens is 2. The minimum atomic E-state index is -0.693. The van der Waals surface area contributed by atoms with E-state index in [-0.39, 0.29) is 11.1 Å². The number of carbonyl (C=O) groups is 1. The van der Waals surface area contributed by atoms with Gasteiger partial charge in [-0.25, -0.2) is 14.2 Å². The van der Waals surface area contributed by atoms with Crippen LogP contribution < -0.4 is 0 Å². The maximum Gasteiger partial charge on any atom is 0.338 e. The van der Waals surface area contributed by atoms with E-state index in [1.54, 1.807) is 42.0 Å². The lowest BCUT2D eigenvalue weighted by Gasteiger charge is -2.06. The van der Waals surface area contributed by atoms with Crippen LogP contribution in [-0.2, 0) is 11.8 Å². The Hall–Kier alpha value is -3.55. The summed E-state index contributed by atoms with van der Waals surface area (Å²) >= 11 is 0. The topological polar surface area (TPSA) is 61.4 Å². The molecule has 0 spiro atoms. The number of pyridine rings is 1. The minimum absolute atomic E-state index is 0.160. The Morgan fingerprint density at radius 3 is 2.67 bits per heavy atom. The summed E-state index contributed by atoms with van der Waals surface area (Å²) in [7, 11) is 2.88. The first-order valence-corrected chi connectivity index (χ1v) is 8.03. The van der Waals surface area contributed by atoms with Gasteiger partial charge in [-0.1, -0.05) is 12.1 Å². The van der Waals surface area contributed by atoms with E-state index in [1.165, 1.54) is 30.1 Å². The van der Waals surface area contributed by atoms with Gasteiger partial charge in [0.1, 0.15) is 11.5 Å². The third kappa shape index (κ3) is 2.84. The van der Waals surface area contributed by atoms with Crippen LogP contribution in [0.2, 0.25) is 0 Å². The quantitative estimate of drug-likeness (QED) is 0.520. The van der Waals surface area contributed by atoms with Crippen LogP contribution in [0.15, 0.2) is 48.9 Å². The Balaban J connectivity index is 1.91. The lowest BCUT2D eigenvalue weighted by molar-refractivity contribution is 0.0600. The zero-order chi connectivity index (χ0) is 19.1. The van der Waals surface area contributed by atoms with Crippen molar-refractivity contribution in [2.45, 2.75) is 0 Å². The normalized spacial score (nSPS) is 11.1. The molecule has 8 heteroatoms. The summed E-state index contributed by atoms with van der Waals surface area (Å²) < 4.78 is 36.5. The highest BCUT2D eigenvalue weighted by molar-refractivity contribution is 5.90. The summed E-state index contributed by atoms with van der Waals surface area (Å²) in [5.74, 6) is -1.72. The number of aromatic nitrogens is 4. The van der Waals surface area contributed by atoms with Crippen molar-refractivity contribution < 1.29 is 18.3 Å². The van der Waals surface area contributed by atoms with Crippen LogP contribution in [-0.4, -0.2) is 32.2 Å². The van der Waals surface area contributed by atoms with Gasteiger partial charge in [-0.15, -0.1) is 5.10 Å². The lowest BCUT2D eigenvalue weighted by atomic mass is 9.99. The van der Waals surface area contributed by atoms with Gasteiger partial charge in [0.25, 0.3) is 0 Å². The molecule has 0 aliphatic rings. The molecule has 0 saturated heterocycles. The van der Waals surface area contributed by atoms with Crippen LogP contribution in [0, 0.1) is 11.8 Å². The van der Waals surface area contributed by atoms with Crippen LogP contribution in [0.1, 0.15) is 10.4 Å². The molecule has 3 heterocycles. The summed E-state index contributed by atoms with van der Waals surface area (Å²) in [5.41, 5.74) is 1.76. The molecule has 136 valence electrons. The van der Waals surface area contributed by atoms with Crippen molar-refractivity contribution in [3.05, 3.63) is 66.3 Å². The fraction of sp³-hybridized carbons (Fsp3) is 0.105. The molecule has 0 aliphatic carbocycles. The SMILES string of the molecule is COC(=O)c1ccn2cc(-c3c(F)cccc3-c3cn(C)nc3F)nc2c1. The number of hydrogen-bond acceptors (Lipinski definition) is 4. The fourth-order valence-electron chi connectivity index (χ4n) is 3.00. The number of esters is 1. The summed E-state index contributed by atoms with van der Waals surface area (Å²) in [4.78, 5) is 16.1. The predicted molar refractivity (Wildman–Crippen MR) is 94.1 cm³/mol. The van der Waals surface area contributed by atoms with E-state index in [0.29, 0.717) is 22.5 Å². The van der Waals surface area contributed by atoms with Gasteiger partial charge in [0.15, 0.2) is 0 Å². The first-order valence-electron chi connectivity index (χ1n) is 8.03. The molecule has 0 atom stereocenters. The summed E-state index contributed by atoms with van der Waals surface area (Å²) in [5, 5.41) is 3.69. The van der Waals surface area contributed by atoms with E-state index >= 15 is 0 Å². The lowest BCUT2D eigenvalue weighted by Crippen LogP contribution is -2.01.